The molecule has 1 aliphatic carbocycles. The van der Waals surface area contributed by atoms with Gasteiger partial charge in [-0.05, 0) is 60.9 Å². The maximum Gasteiger partial charge on any atom is 0.262 e. The van der Waals surface area contributed by atoms with E-state index in [1.54, 1.807) is 55.6 Å². The second-order valence-corrected chi connectivity index (χ2v) is 6.23. The molecule has 0 radical (unpaired) electrons. The Morgan fingerprint density at radius 2 is 1.93 bits per heavy atom. The number of carbonyl (C=O) groups is 2. The van der Waals surface area contributed by atoms with Crippen molar-refractivity contribution in [3.8, 4) is 11.8 Å². The van der Waals surface area contributed by atoms with Gasteiger partial charge in [0.15, 0.2) is 0 Å². The van der Waals surface area contributed by atoms with Gasteiger partial charge in [0, 0.05) is 17.3 Å². The highest BCUT2D eigenvalue weighted by atomic mass is 16.5. The molecule has 2 amide bonds. The Kier molecular flexibility index (Phi) is 5.53. The zero-order valence-electron chi connectivity index (χ0n) is 14.9. The molecule has 1 aliphatic rings. The second-order valence-electron chi connectivity index (χ2n) is 6.23. The Morgan fingerprint density at radius 1 is 1.19 bits per heavy atom. The molecule has 2 N–H and O–H groups in total. The molecule has 3 rings (SSSR count). The van der Waals surface area contributed by atoms with Crippen molar-refractivity contribution in [3.05, 3.63) is 65.2 Å². The number of carbonyl (C=O) groups excluding carboxylic acids is 2. The summed E-state index contributed by atoms with van der Waals surface area (Å²) in [5.41, 5.74) is 1.77. The van der Waals surface area contributed by atoms with Gasteiger partial charge in [0.1, 0.15) is 17.4 Å². The number of ether oxygens (including phenoxy) is 1. The van der Waals surface area contributed by atoms with Crippen LogP contribution in [0, 0.1) is 11.3 Å². The fraction of sp³-hybridized carbons (Fsp3) is 0.190. The van der Waals surface area contributed by atoms with Gasteiger partial charge in [-0.15, -0.1) is 0 Å². The molecule has 2 aromatic carbocycles. The van der Waals surface area contributed by atoms with Crippen LogP contribution in [0.5, 0.6) is 5.75 Å². The summed E-state index contributed by atoms with van der Waals surface area (Å²) in [5.74, 6) is 0.0469. The molecular formula is C21H19N3O3. The molecule has 2 aromatic rings. The van der Waals surface area contributed by atoms with Crippen molar-refractivity contribution in [2.75, 3.05) is 12.4 Å². The van der Waals surface area contributed by atoms with E-state index in [0.29, 0.717) is 22.6 Å². The van der Waals surface area contributed by atoms with Crippen molar-refractivity contribution in [2.45, 2.75) is 18.9 Å². The molecule has 6 nitrogen and oxygen atoms in total. The van der Waals surface area contributed by atoms with Crippen LogP contribution in [0.3, 0.4) is 0 Å². The number of hydrogen-bond acceptors (Lipinski definition) is 4. The second kappa shape index (κ2) is 8.19. The van der Waals surface area contributed by atoms with Gasteiger partial charge in [0.25, 0.3) is 11.8 Å². The highest BCUT2D eigenvalue weighted by molar-refractivity contribution is 6.05. The fourth-order valence-electron chi connectivity index (χ4n) is 2.46. The minimum absolute atomic E-state index is 0.0422. The minimum atomic E-state index is -0.368. The molecule has 0 saturated heterocycles. The van der Waals surface area contributed by atoms with Gasteiger partial charge in [-0.2, -0.15) is 5.26 Å². The maximum absolute atomic E-state index is 12.4. The molecule has 27 heavy (non-hydrogen) atoms. The summed E-state index contributed by atoms with van der Waals surface area (Å²) < 4.78 is 5.08. The van der Waals surface area contributed by atoms with Gasteiger partial charge in [-0.1, -0.05) is 12.1 Å². The highest BCUT2D eigenvalue weighted by Gasteiger charge is 2.24. The lowest BCUT2D eigenvalue weighted by atomic mass is 10.1. The first-order valence-electron chi connectivity index (χ1n) is 8.57. The molecule has 6 heteroatoms. The lowest BCUT2D eigenvalue weighted by Crippen LogP contribution is -2.26. The first-order chi connectivity index (χ1) is 13.1. The third-order valence-corrected chi connectivity index (χ3v) is 4.09. The van der Waals surface area contributed by atoms with E-state index >= 15 is 0 Å². The first kappa shape index (κ1) is 18.2. The van der Waals surface area contributed by atoms with Crippen LogP contribution < -0.4 is 15.4 Å². The molecular weight excluding hydrogens is 342 g/mol. The number of nitrogens with one attached hydrogen (secondary N) is 2. The van der Waals surface area contributed by atoms with Crippen molar-refractivity contribution in [1.82, 2.24) is 5.32 Å². The number of hydrogen-bond donors (Lipinski definition) is 2. The summed E-state index contributed by atoms with van der Waals surface area (Å²) in [5, 5.41) is 14.8. The molecule has 0 heterocycles. The first-order valence-corrected chi connectivity index (χ1v) is 8.57. The summed E-state index contributed by atoms with van der Waals surface area (Å²) in [6.07, 6.45) is 3.43. The molecule has 0 bridgehead atoms. The molecule has 136 valence electrons. The average Bonchev–Trinajstić information content (AvgIpc) is 3.50. The number of benzene rings is 2. The maximum atomic E-state index is 12.4. The number of amides is 2. The zero-order chi connectivity index (χ0) is 19.2. The summed E-state index contributed by atoms with van der Waals surface area (Å²) in [6.45, 7) is 0. The Labute approximate surface area is 157 Å². The van der Waals surface area contributed by atoms with E-state index in [0.717, 1.165) is 12.8 Å². The number of nitrogens with zero attached hydrogens (tertiary/aromatic N) is 1. The quantitative estimate of drug-likeness (QED) is 0.611. The standard InChI is InChI=1S/C21H19N3O3/c1-27-19-9-5-15(6-10-19)20(25)24-18-4-2-3-14(12-18)11-16(13-22)21(26)23-17-7-8-17/h2-6,9-12,17H,7-8H2,1H3,(H,23,26)(H,24,25)/b16-11+. The van der Waals surface area contributed by atoms with Crippen molar-refractivity contribution >= 4 is 23.6 Å². The van der Waals surface area contributed by atoms with Gasteiger partial charge in [-0.25, -0.2) is 0 Å². The molecule has 0 spiro atoms. The van der Waals surface area contributed by atoms with Crippen LogP contribution in [-0.4, -0.2) is 25.0 Å². The van der Waals surface area contributed by atoms with Crippen LogP contribution in [0.4, 0.5) is 5.69 Å². The van der Waals surface area contributed by atoms with Gasteiger partial charge in [0.2, 0.25) is 0 Å². The van der Waals surface area contributed by atoms with Crippen LogP contribution in [0.15, 0.2) is 54.1 Å². The molecule has 1 saturated carbocycles. The molecule has 0 aromatic heterocycles. The predicted octanol–water partition coefficient (Wildman–Crippen LogP) is 3.13. The van der Waals surface area contributed by atoms with Crippen LogP contribution >= 0.6 is 0 Å². The lowest BCUT2D eigenvalue weighted by Gasteiger charge is -2.07. The Balaban J connectivity index is 1.72. The molecule has 0 aliphatic heterocycles. The SMILES string of the molecule is COc1ccc(C(=O)Nc2cccc(/C=C(\C#N)C(=O)NC3CC3)c2)cc1. The summed E-state index contributed by atoms with van der Waals surface area (Å²) in [7, 11) is 1.56. The van der Waals surface area contributed by atoms with Crippen molar-refractivity contribution in [1.29, 1.82) is 5.26 Å². The van der Waals surface area contributed by atoms with Gasteiger partial charge in [0.05, 0.1) is 7.11 Å². The van der Waals surface area contributed by atoms with Gasteiger partial charge >= 0.3 is 0 Å². The highest BCUT2D eigenvalue weighted by Crippen LogP contribution is 2.20. The third kappa shape index (κ3) is 4.95. The fourth-order valence-corrected chi connectivity index (χ4v) is 2.46. The van der Waals surface area contributed by atoms with E-state index in [2.05, 4.69) is 10.6 Å². The minimum Gasteiger partial charge on any atom is -0.497 e. The van der Waals surface area contributed by atoms with Crippen LogP contribution in [0.25, 0.3) is 6.08 Å². The number of rotatable bonds is 6. The van der Waals surface area contributed by atoms with Crippen LogP contribution in [-0.2, 0) is 4.79 Å². The molecule has 1 fully saturated rings. The lowest BCUT2D eigenvalue weighted by molar-refractivity contribution is -0.117. The largest absolute Gasteiger partial charge is 0.497 e. The number of methoxy groups -OCH3 is 1. The van der Waals surface area contributed by atoms with Crippen molar-refractivity contribution < 1.29 is 14.3 Å². The van der Waals surface area contributed by atoms with Crippen LogP contribution in [0.1, 0.15) is 28.8 Å². The van der Waals surface area contributed by atoms with E-state index in [1.165, 1.54) is 6.08 Å². The number of anilines is 1. The zero-order valence-corrected chi connectivity index (χ0v) is 14.9. The predicted molar refractivity (Wildman–Crippen MR) is 102 cm³/mol. The molecule has 0 atom stereocenters. The topological polar surface area (TPSA) is 91.2 Å². The van der Waals surface area contributed by atoms with E-state index in [1.807, 2.05) is 6.07 Å². The average molecular weight is 361 g/mol. The Morgan fingerprint density at radius 3 is 2.56 bits per heavy atom. The summed E-state index contributed by atoms with van der Waals surface area (Å²) in [6, 6.07) is 15.9. The number of nitriles is 1. The third-order valence-electron chi connectivity index (χ3n) is 4.09. The monoisotopic (exact) mass is 361 g/mol. The Hall–Kier alpha value is -3.59. The van der Waals surface area contributed by atoms with Gasteiger partial charge < -0.3 is 15.4 Å². The van der Waals surface area contributed by atoms with Crippen molar-refractivity contribution in [2.24, 2.45) is 0 Å². The smallest absolute Gasteiger partial charge is 0.262 e. The Bertz CT molecular complexity index is 922. The van der Waals surface area contributed by atoms with E-state index in [9.17, 15) is 14.9 Å². The van der Waals surface area contributed by atoms with Crippen molar-refractivity contribution in [3.63, 3.8) is 0 Å². The van der Waals surface area contributed by atoms with E-state index in [4.69, 9.17) is 4.74 Å². The summed E-state index contributed by atoms with van der Waals surface area (Å²) >= 11 is 0. The normalized spacial score (nSPS) is 13.4. The molecule has 0 unspecified atom stereocenters. The van der Waals surface area contributed by atoms with Gasteiger partial charge in [-0.3, -0.25) is 9.59 Å². The van der Waals surface area contributed by atoms with Crippen LogP contribution in [0.2, 0.25) is 0 Å². The summed E-state index contributed by atoms with van der Waals surface area (Å²) in [4.78, 5) is 24.4. The van der Waals surface area contributed by atoms with E-state index < -0.39 is 0 Å². The van der Waals surface area contributed by atoms with E-state index in [-0.39, 0.29) is 23.4 Å².